The molecule has 1 aliphatic heterocycles. The van der Waals surface area contributed by atoms with Crippen molar-refractivity contribution in [1.29, 1.82) is 0 Å². The Hall–Kier alpha value is -1.73. The minimum atomic E-state index is -0.646. The van der Waals surface area contributed by atoms with E-state index in [9.17, 15) is 14.5 Å². The van der Waals surface area contributed by atoms with E-state index in [1.165, 1.54) is 12.1 Å². The van der Waals surface area contributed by atoms with Gasteiger partial charge in [-0.1, -0.05) is 0 Å². The molecule has 1 aliphatic rings. The van der Waals surface area contributed by atoms with Gasteiger partial charge < -0.3 is 14.8 Å². The van der Waals surface area contributed by atoms with Crippen LogP contribution in [-0.4, -0.2) is 30.0 Å². The lowest BCUT2D eigenvalue weighted by atomic mass is 10.2. The minimum absolute atomic E-state index is 0.211. The van der Waals surface area contributed by atoms with Crippen LogP contribution in [0.4, 0.5) is 15.8 Å². The maximum Gasteiger partial charge on any atom is 0.295 e. The first-order valence-electron chi connectivity index (χ1n) is 5.86. The van der Waals surface area contributed by atoms with Gasteiger partial charge in [-0.05, 0) is 26.0 Å². The van der Waals surface area contributed by atoms with Gasteiger partial charge in [-0.25, -0.2) is 4.39 Å². The van der Waals surface area contributed by atoms with Crippen LogP contribution in [0.1, 0.15) is 13.8 Å². The highest BCUT2D eigenvalue weighted by Gasteiger charge is 2.29. The van der Waals surface area contributed by atoms with Crippen molar-refractivity contribution < 1.29 is 18.8 Å². The van der Waals surface area contributed by atoms with Crippen molar-refractivity contribution in [3.8, 4) is 0 Å². The van der Waals surface area contributed by atoms with E-state index in [0.717, 1.165) is 6.07 Å². The van der Waals surface area contributed by atoms with Crippen LogP contribution in [0.25, 0.3) is 0 Å². The summed E-state index contributed by atoms with van der Waals surface area (Å²) in [5.41, 5.74) is -0.0480. The van der Waals surface area contributed by atoms with Gasteiger partial charge in [0, 0.05) is 0 Å². The SMILES string of the molecule is CC1(C)OCC(Nc2ccc(F)cc2[N+](=O)[O-])CO1. The zero-order valence-corrected chi connectivity index (χ0v) is 10.7. The van der Waals surface area contributed by atoms with E-state index in [1.807, 2.05) is 0 Å². The van der Waals surface area contributed by atoms with Crippen LogP contribution in [0.3, 0.4) is 0 Å². The molecule has 19 heavy (non-hydrogen) atoms. The summed E-state index contributed by atoms with van der Waals surface area (Å²) < 4.78 is 23.9. The summed E-state index contributed by atoms with van der Waals surface area (Å²) in [4.78, 5) is 10.2. The number of rotatable bonds is 3. The Morgan fingerprint density at radius 1 is 1.42 bits per heavy atom. The molecule has 0 unspecified atom stereocenters. The standard InChI is InChI=1S/C12H15FN2O4/c1-12(2)18-6-9(7-19-12)14-10-4-3-8(13)5-11(10)15(16)17/h3-5,9,14H,6-7H2,1-2H3. The molecule has 0 aromatic heterocycles. The molecule has 1 aromatic carbocycles. The zero-order chi connectivity index (χ0) is 14.0. The van der Waals surface area contributed by atoms with Gasteiger partial charge in [-0.2, -0.15) is 0 Å². The van der Waals surface area contributed by atoms with E-state index in [4.69, 9.17) is 9.47 Å². The summed E-state index contributed by atoms with van der Waals surface area (Å²) in [6.07, 6.45) is 0. The van der Waals surface area contributed by atoms with Crippen LogP contribution in [0.5, 0.6) is 0 Å². The van der Waals surface area contributed by atoms with E-state index in [2.05, 4.69) is 5.32 Å². The maximum absolute atomic E-state index is 13.0. The number of ether oxygens (including phenoxy) is 2. The molecule has 104 valence electrons. The zero-order valence-electron chi connectivity index (χ0n) is 10.7. The molecule has 0 saturated carbocycles. The van der Waals surface area contributed by atoms with Crippen molar-refractivity contribution in [2.45, 2.75) is 25.7 Å². The van der Waals surface area contributed by atoms with E-state index in [1.54, 1.807) is 13.8 Å². The molecule has 0 spiro atoms. The van der Waals surface area contributed by atoms with E-state index in [-0.39, 0.29) is 17.4 Å². The molecule has 0 amide bonds. The highest BCUT2D eigenvalue weighted by molar-refractivity contribution is 5.61. The largest absolute Gasteiger partial charge is 0.372 e. The van der Waals surface area contributed by atoms with Crippen LogP contribution < -0.4 is 5.32 Å². The fraction of sp³-hybridized carbons (Fsp3) is 0.500. The molecule has 6 nitrogen and oxygen atoms in total. The van der Waals surface area contributed by atoms with E-state index in [0.29, 0.717) is 13.2 Å². The van der Waals surface area contributed by atoms with Crippen molar-refractivity contribution >= 4 is 11.4 Å². The second-order valence-corrected chi connectivity index (χ2v) is 4.78. The monoisotopic (exact) mass is 270 g/mol. The summed E-state index contributed by atoms with van der Waals surface area (Å²) in [5.74, 6) is -1.29. The molecule has 1 fully saturated rings. The molecular weight excluding hydrogens is 255 g/mol. The molecular formula is C12H15FN2O4. The Bertz CT molecular complexity index is 483. The molecule has 0 radical (unpaired) electrons. The van der Waals surface area contributed by atoms with Gasteiger partial charge in [0.2, 0.25) is 0 Å². The highest BCUT2D eigenvalue weighted by Crippen LogP contribution is 2.27. The van der Waals surface area contributed by atoms with Crippen molar-refractivity contribution in [1.82, 2.24) is 0 Å². The third kappa shape index (κ3) is 3.39. The van der Waals surface area contributed by atoms with Gasteiger partial charge in [0.1, 0.15) is 11.5 Å². The average Bonchev–Trinajstić information content (AvgIpc) is 2.33. The number of halogens is 1. The third-order valence-electron chi connectivity index (χ3n) is 2.78. The molecule has 1 N–H and O–H groups in total. The Morgan fingerprint density at radius 2 is 2.05 bits per heavy atom. The van der Waals surface area contributed by atoms with E-state index >= 15 is 0 Å². The predicted octanol–water partition coefficient (Wildman–Crippen LogP) is 2.30. The maximum atomic E-state index is 13.0. The molecule has 1 saturated heterocycles. The summed E-state index contributed by atoms with van der Waals surface area (Å²) in [6.45, 7) is 4.32. The first kappa shape index (κ1) is 13.7. The fourth-order valence-electron chi connectivity index (χ4n) is 1.77. The number of nitro groups is 1. The average molecular weight is 270 g/mol. The van der Waals surface area contributed by atoms with Gasteiger partial charge in [-0.15, -0.1) is 0 Å². The van der Waals surface area contributed by atoms with E-state index < -0.39 is 16.5 Å². The number of anilines is 1. The molecule has 1 aromatic rings. The van der Waals surface area contributed by atoms with Crippen LogP contribution in [0.2, 0.25) is 0 Å². The van der Waals surface area contributed by atoms with Gasteiger partial charge in [0.05, 0.1) is 30.2 Å². The molecule has 7 heteroatoms. The van der Waals surface area contributed by atoms with Crippen molar-refractivity contribution in [3.05, 3.63) is 34.1 Å². The first-order chi connectivity index (χ1) is 8.87. The lowest BCUT2D eigenvalue weighted by Crippen LogP contribution is -2.45. The minimum Gasteiger partial charge on any atom is -0.372 e. The molecule has 1 heterocycles. The smallest absolute Gasteiger partial charge is 0.295 e. The Balaban J connectivity index is 2.10. The summed E-state index contributed by atoms with van der Waals surface area (Å²) in [6, 6.07) is 3.19. The van der Waals surface area contributed by atoms with Crippen LogP contribution >= 0.6 is 0 Å². The normalized spacial score (nSPS) is 19.1. The third-order valence-corrected chi connectivity index (χ3v) is 2.78. The van der Waals surface area contributed by atoms with Crippen LogP contribution in [0.15, 0.2) is 18.2 Å². The molecule has 2 rings (SSSR count). The van der Waals surface area contributed by atoms with Crippen molar-refractivity contribution in [2.75, 3.05) is 18.5 Å². The topological polar surface area (TPSA) is 73.6 Å². The summed E-state index contributed by atoms with van der Waals surface area (Å²) in [5, 5.41) is 13.8. The lowest BCUT2D eigenvalue weighted by Gasteiger charge is -2.35. The van der Waals surface area contributed by atoms with Crippen molar-refractivity contribution in [3.63, 3.8) is 0 Å². The van der Waals surface area contributed by atoms with Gasteiger partial charge >= 0.3 is 0 Å². The molecule has 0 atom stereocenters. The lowest BCUT2D eigenvalue weighted by molar-refractivity contribution is -0.384. The molecule has 0 bridgehead atoms. The van der Waals surface area contributed by atoms with Gasteiger partial charge in [0.15, 0.2) is 5.79 Å². The second kappa shape index (κ2) is 5.10. The number of hydrogen-bond donors (Lipinski definition) is 1. The number of nitrogens with one attached hydrogen (secondary N) is 1. The summed E-state index contributed by atoms with van der Waals surface area (Å²) >= 11 is 0. The fourth-order valence-corrected chi connectivity index (χ4v) is 1.77. The Labute approximate surface area is 109 Å². The second-order valence-electron chi connectivity index (χ2n) is 4.78. The number of nitro benzene ring substituents is 1. The molecule has 0 aliphatic carbocycles. The Morgan fingerprint density at radius 3 is 2.63 bits per heavy atom. The Kier molecular flexibility index (Phi) is 3.68. The van der Waals surface area contributed by atoms with Crippen LogP contribution in [0, 0.1) is 15.9 Å². The quantitative estimate of drug-likeness (QED) is 0.674. The number of nitrogens with zero attached hydrogens (tertiary/aromatic N) is 1. The van der Waals surface area contributed by atoms with Crippen molar-refractivity contribution in [2.24, 2.45) is 0 Å². The van der Waals surface area contributed by atoms with Gasteiger partial charge in [-0.3, -0.25) is 10.1 Å². The highest BCUT2D eigenvalue weighted by atomic mass is 19.1. The number of benzene rings is 1. The number of hydrogen-bond acceptors (Lipinski definition) is 5. The van der Waals surface area contributed by atoms with Crippen LogP contribution in [-0.2, 0) is 9.47 Å². The predicted molar refractivity (Wildman–Crippen MR) is 66.4 cm³/mol. The first-order valence-corrected chi connectivity index (χ1v) is 5.86. The van der Waals surface area contributed by atoms with Gasteiger partial charge in [0.25, 0.3) is 5.69 Å². The summed E-state index contributed by atoms with van der Waals surface area (Å²) in [7, 11) is 0.